The van der Waals surface area contributed by atoms with Crippen molar-refractivity contribution in [3.05, 3.63) is 0 Å². The summed E-state index contributed by atoms with van der Waals surface area (Å²) < 4.78 is 26.6. The molecule has 0 amide bonds. The summed E-state index contributed by atoms with van der Waals surface area (Å²) in [5.41, 5.74) is 0. The van der Waals surface area contributed by atoms with E-state index in [4.69, 9.17) is 4.18 Å². The molecule has 0 radical (unpaired) electrons. The van der Waals surface area contributed by atoms with E-state index in [1.807, 2.05) is 0 Å². The van der Waals surface area contributed by atoms with Crippen LogP contribution in [0.3, 0.4) is 0 Å². The molecule has 0 atom stereocenters. The lowest BCUT2D eigenvalue weighted by molar-refractivity contribution is 0.305. The maximum Gasteiger partial charge on any atom is 0.267 e. The summed E-state index contributed by atoms with van der Waals surface area (Å²) in [6.45, 7) is 6.32. The highest BCUT2D eigenvalue weighted by molar-refractivity contribution is 7.86. The molecule has 0 aliphatic heterocycles. The Hall–Kier alpha value is -0.0900. The Bertz CT molecular complexity index is 220. The third kappa shape index (κ3) is 8.51. The Morgan fingerprint density at radius 2 is 1.79 bits per heavy atom. The van der Waals surface area contributed by atoms with Crippen LogP contribution in [0.15, 0.2) is 0 Å². The van der Waals surface area contributed by atoms with Crippen LogP contribution in [0, 0.1) is 5.92 Å². The number of hydrogen-bond donors (Lipinski definition) is 0. The summed E-state index contributed by atoms with van der Waals surface area (Å²) in [4.78, 5) is 0. The van der Waals surface area contributed by atoms with E-state index in [1.54, 1.807) is 6.92 Å². The van der Waals surface area contributed by atoms with Crippen molar-refractivity contribution in [1.82, 2.24) is 0 Å². The van der Waals surface area contributed by atoms with Gasteiger partial charge in [-0.2, -0.15) is 8.42 Å². The quantitative estimate of drug-likeness (QED) is 0.468. The molecule has 0 rings (SSSR count). The second-order valence-corrected chi connectivity index (χ2v) is 5.84. The molecule has 0 bridgehead atoms. The van der Waals surface area contributed by atoms with Gasteiger partial charge in [-0.25, -0.2) is 0 Å². The Balaban J connectivity index is 3.31. The highest BCUT2D eigenvalue weighted by Gasteiger charge is 2.05. The van der Waals surface area contributed by atoms with Crippen LogP contribution in [0.25, 0.3) is 0 Å². The average Bonchev–Trinajstić information content (AvgIpc) is 2.10. The molecular weight excluding hydrogens is 200 g/mol. The van der Waals surface area contributed by atoms with Crippen LogP contribution < -0.4 is 0 Å². The second-order valence-electron chi connectivity index (χ2n) is 3.91. The molecule has 0 saturated heterocycles. The standard InChI is InChI=1S/C10H22O3S/c1-4-14(11,12)13-9-7-5-6-8-10(2)3/h10H,4-9H2,1-3H3. The van der Waals surface area contributed by atoms with Crippen LogP contribution in [0.5, 0.6) is 0 Å². The molecule has 0 aliphatic rings. The van der Waals surface area contributed by atoms with Crippen molar-refractivity contribution in [1.29, 1.82) is 0 Å². The second kappa shape index (κ2) is 7.23. The third-order valence-electron chi connectivity index (χ3n) is 2.04. The van der Waals surface area contributed by atoms with E-state index in [9.17, 15) is 8.42 Å². The first-order valence-electron chi connectivity index (χ1n) is 5.35. The van der Waals surface area contributed by atoms with Gasteiger partial charge in [0.15, 0.2) is 0 Å². The Morgan fingerprint density at radius 3 is 2.29 bits per heavy atom. The predicted molar refractivity (Wildman–Crippen MR) is 58.7 cm³/mol. The van der Waals surface area contributed by atoms with Crippen molar-refractivity contribution in [3.8, 4) is 0 Å². The van der Waals surface area contributed by atoms with E-state index in [2.05, 4.69) is 13.8 Å². The lowest BCUT2D eigenvalue weighted by atomic mass is 10.1. The topological polar surface area (TPSA) is 43.4 Å². The van der Waals surface area contributed by atoms with Gasteiger partial charge in [0.25, 0.3) is 10.1 Å². The van der Waals surface area contributed by atoms with E-state index in [0.717, 1.165) is 25.2 Å². The van der Waals surface area contributed by atoms with Crippen molar-refractivity contribution >= 4 is 10.1 Å². The van der Waals surface area contributed by atoms with Gasteiger partial charge in [-0.3, -0.25) is 4.18 Å². The Morgan fingerprint density at radius 1 is 1.14 bits per heavy atom. The minimum Gasteiger partial charge on any atom is -0.270 e. The highest BCUT2D eigenvalue weighted by Crippen LogP contribution is 2.08. The van der Waals surface area contributed by atoms with Crippen molar-refractivity contribution in [3.63, 3.8) is 0 Å². The van der Waals surface area contributed by atoms with Crippen LogP contribution in [-0.2, 0) is 14.3 Å². The normalized spacial score (nSPS) is 12.3. The minimum atomic E-state index is -3.22. The molecule has 0 heterocycles. The fourth-order valence-electron chi connectivity index (χ4n) is 1.10. The van der Waals surface area contributed by atoms with Gasteiger partial charge in [0.05, 0.1) is 12.4 Å². The van der Waals surface area contributed by atoms with Gasteiger partial charge < -0.3 is 0 Å². The summed E-state index contributed by atoms with van der Waals surface area (Å²) in [5.74, 6) is 0.800. The molecule has 0 saturated carbocycles. The van der Waals surface area contributed by atoms with Gasteiger partial charge in [-0.05, 0) is 19.3 Å². The maximum atomic E-state index is 10.9. The average molecular weight is 222 g/mol. The predicted octanol–water partition coefficient (Wildman–Crippen LogP) is 2.57. The summed E-state index contributed by atoms with van der Waals surface area (Å²) in [6.07, 6.45) is 4.26. The first-order valence-corrected chi connectivity index (χ1v) is 6.92. The number of unbranched alkanes of at least 4 members (excludes halogenated alkanes) is 2. The Kier molecular flexibility index (Phi) is 7.19. The zero-order valence-electron chi connectivity index (χ0n) is 9.45. The maximum absolute atomic E-state index is 10.9. The van der Waals surface area contributed by atoms with E-state index in [1.165, 1.54) is 6.42 Å². The van der Waals surface area contributed by atoms with E-state index in [-0.39, 0.29) is 5.75 Å². The fraction of sp³-hybridized carbons (Fsp3) is 1.00. The molecule has 0 aromatic heterocycles. The first-order chi connectivity index (χ1) is 6.48. The summed E-state index contributed by atoms with van der Waals surface area (Å²) in [7, 11) is -3.22. The van der Waals surface area contributed by atoms with Gasteiger partial charge in [0, 0.05) is 0 Å². The molecule has 0 spiro atoms. The molecule has 86 valence electrons. The summed E-state index contributed by atoms with van der Waals surface area (Å²) in [5, 5.41) is 0. The largest absolute Gasteiger partial charge is 0.270 e. The molecular formula is C10H22O3S. The van der Waals surface area contributed by atoms with Crippen molar-refractivity contribution < 1.29 is 12.6 Å². The Labute approximate surface area is 88.0 Å². The van der Waals surface area contributed by atoms with Crippen LogP contribution in [0.1, 0.15) is 46.5 Å². The molecule has 14 heavy (non-hydrogen) atoms. The number of rotatable bonds is 8. The smallest absolute Gasteiger partial charge is 0.267 e. The van der Waals surface area contributed by atoms with Crippen molar-refractivity contribution in [2.75, 3.05) is 12.4 Å². The lowest BCUT2D eigenvalue weighted by Gasteiger charge is -2.04. The highest BCUT2D eigenvalue weighted by atomic mass is 32.2. The molecule has 4 heteroatoms. The van der Waals surface area contributed by atoms with Crippen LogP contribution >= 0.6 is 0 Å². The SMILES string of the molecule is CCS(=O)(=O)OCCCCCC(C)C. The number of hydrogen-bond acceptors (Lipinski definition) is 3. The lowest BCUT2D eigenvalue weighted by Crippen LogP contribution is -2.09. The van der Waals surface area contributed by atoms with E-state index in [0.29, 0.717) is 6.61 Å². The van der Waals surface area contributed by atoms with Crippen LogP contribution in [0.2, 0.25) is 0 Å². The molecule has 0 aromatic carbocycles. The molecule has 0 fully saturated rings. The van der Waals surface area contributed by atoms with E-state index >= 15 is 0 Å². The zero-order chi connectivity index (χ0) is 11.0. The molecule has 3 nitrogen and oxygen atoms in total. The first kappa shape index (κ1) is 13.9. The fourth-order valence-corrected chi connectivity index (χ4v) is 1.64. The molecule has 0 unspecified atom stereocenters. The summed E-state index contributed by atoms with van der Waals surface area (Å²) in [6, 6.07) is 0. The zero-order valence-corrected chi connectivity index (χ0v) is 10.3. The third-order valence-corrected chi connectivity index (χ3v) is 3.28. The van der Waals surface area contributed by atoms with E-state index < -0.39 is 10.1 Å². The molecule has 0 aliphatic carbocycles. The molecule has 0 N–H and O–H groups in total. The summed E-state index contributed by atoms with van der Waals surface area (Å²) >= 11 is 0. The monoisotopic (exact) mass is 222 g/mol. The van der Waals surface area contributed by atoms with Crippen LogP contribution in [0.4, 0.5) is 0 Å². The van der Waals surface area contributed by atoms with Gasteiger partial charge >= 0.3 is 0 Å². The van der Waals surface area contributed by atoms with Gasteiger partial charge in [-0.15, -0.1) is 0 Å². The van der Waals surface area contributed by atoms with Gasteiger partial charge in [0.2, 0.25) is 0 Å². The minimum absolute atomic E-state index is 0.0684. The van der Waals surface area contributed by atoms with Crippen molar-refractivity contribution in [2.45, 2.75) is 46.5 Å². The molecule has 0 aromatic rings. The van der Waals surface area contributed by atoms with Crippen LogP contribution in [-0.4, -0.2) is 20.8 Å². The van der Waals surface area contributed by atoms with Crippen molar-refractivity contribution in [2.24, 2.45) is 5.92 Å². The van der Waals surface area contributed by atoms with Gasteiger partial charge in [0.1, 0.15) is 0 Å². The van der Waals surface area contributed by atoms with Gasteiger partial charge in [-0.1, -0.05) is 33.1 Å².